The smallest absolute Gasteiger partial charge is 0.310 e. The van der Waals surface area contributed by atoms with Gasteiger partial charge in [0.1, 0.15) is 11.6 Å². The number of ether oxygens (including phenoxy) is 1. The molecule has 6 heteroatoms. The number of rotatable bonds is 4. The molecule has 132 valence electrons. The number of carbonyl (C=O) groups is 2. The molecule has 1 aromatic carbocycles. The summed E-state index contributed by atoms with van der Waals surface area (Å²) in [5.74, 6) is -0.408. The van der Waals surface area contributed by atoms with E-state index in [9.17, 15) is 14.0 Å². The maximum Gasteiger partial charge on any atom is 0.310 e. The van der Waals surface area contributed by atoms with Crippen molar-refractivity contribution in [3.05, 3.63) is 48.0 Å². The second kappa shape index (κ2) is 7.51. The first-order valence-electron chi connectivity index (χ1n) is 8.40. The fraction of sp³-hybridized carbons (Fsp3) is 0.368. The van der Waals surface area contributed by atoms with E-state index in [1.165, 1.54) is 12.1 Å². The van der Waals surface area contributed by atoms with Gasteiger partial charge in [-0.1, -0.05) is 0 Å². The fourth-order valence-electron chi connectivity index (χ4n) is 2.99. The van der Waals surface area contributed by atoms with E-state index in [-0.39, 0.29) is 29.4 Å². The molecule has 1 aliphatic heterocycles. The van der Waals surface area contributed by atoms with Crippen molar-refractivity contribution < 1.29 is 23.1 Å². The highest BCUT2D eigenvalue weighted by molar-refractivity contribution is 5.92. The number of furan rings is 1. The van der Waals surface area contributed by atoms with Crippen molar-refractivity contribution in [2.24, 2.45) is 5.92 Å². The van der Waals surface area contributed by atoms with Crippen LogP contribution in [0.4, 0.5) is 4.39 Å². The minimum atomic E-state index is -0.329. The SMILES string of the molecule is CCOC(=O)[C@H]1CCCN(C(=O)c2ccc(-c3ccc(F)cc3)o2)C1. The number of esters is 1. The zero-order valence-corrected chi connectivity index (χ0v) is 14.0. The van der Waals surface area contributed by atoms with Crippen LogP contribution in [0.5, 0.6) is 0 Å². The molecule has 5 nitrogen and oxygen atoms in total. The van der Waals surface area contributed by atoms with Crippen LogP contribution >= 0.6 is 0 Å². The highest BCUT2D eigenvalue weighted by Gasteiger charge is 2.30. The Morgan fingerprint density at radius 3 is 2.72 bits per heavy atom. The second-order valence-corrected chi connectivity index (χ2v) is 6.01. The number of hydrogen-bond acceptors (Lipinski definition) is 4. The van der Waals surface area contributed by atoms with Gasteiger partial charge in [0.2, 0.25) is 0 Å². The third kappa shape index (κ3) is 3.90. The third-order valence-corrected chi connectivity index (χ3v) is 4.27. The lowest BCUT2D eigenvalue weighted by Gasteiger charge is -2.30. The van der Waals surface area contributed by atoms with Crippen LogP contribution in [0.25, 0.3) is 11.3 Å². The standard InChI is InChI=1S/C19H20FNO4/c1-2-24-19(23)14-4-3-11-21(12-14)18(22)17-10-9-16(25-17)13-5-7-15(20)8-6-13/h5-10,14H,2-4,11-12H2,1H3/t14-/m0/s1. The van der Waals surface area contributed by atoms with Crippen molar-refractivity contribution >= 4 is 11.9 Å². The molecule has 1 fully saturated rings. The van der Waals surface area contributed by atoms with E-state index in [0.717, 1.165) is 12.8 Å². The average molecular weight is 345 g/mol. The van der Waals surface area contributed by atoms with Crippen LogP contribution in [0.1, 0.15) is 30.3 Å². The van der Waals surface area contributed by atoms with E-state index >= 15 is 0 Å². The number of piperidine rings is 1. The predicted molar refractivity (Wildman–Crippen MR) is 89.4 cm³/mol. The van der Waals surface area contributed by atoms with E-state index in [1.54, 1.807) is 36.1 Å². The molecular formula is C19H20FNO4. The van der Waals surface area contributed by atoms with E-state index in [2.05, 4.69) is 0 Å². The van der Waals surface area contributed by atoms with E-state index in [0.29, 0.717) is 31.0 Å². The van der Waals surface area contributed by atoms with Gasteiger partial charge in [0, 0.05) is 18.7 Å². The van der Waals surface area contributed by atoms with Gasteiger partial charge in [-0.05, 0) is 56.2 Å². The van der Waals surface area contributed by atoms with Crippen LogP contribution in [0.3, 0.4) is 0 Å². The molecule has 0 unspecified atom stereocenters. The van der Waals surface area contributed by atoms with Crippen molar-refractivity contribution in [2.45, 2.75) is 19.8 Å². The summed E-state index contributed by atoms with van der Waals surface area (Å²) in [6.07, 6.45) is 1.47. The summed E-state index contributed by atoms with van der Waals surface area (Å²) in [6.45, 7) is 3.03. The van der Waals surface area contributed by atoms with Gasteiger partial charge in [0.05, 0.1) is 12.5 Å². The van der Waals surface area contributed by atoms with E-state index in [4.69, 9.17) is 9.15 Å². The number of benzene rings is 1. The lowest BCUT2D eigenvalue weighted by molar-refractivity contribution is -0.149. The molecule has 1 aromatic heterocycles. The predicted octanol–water partition coefficient (Wildman–Crippen LogP) is 3.50. The van der Waals surface area contributed by atoms with Crippen molar-refractivity contribution in [1.82, 2.24) is 4.90 Å². The van der Waals surface area contributed by atoms with Crippen molar-refractivity contribution in [1.29, 1.82) is 0 Å². The Balaban J connectivity index is 1.70. The molecule has 0 N–H and O–H groups in total. The average Bonchev–Trinajstić information content (AvgIpc) is 3.12. The molecule has 3 rings (SSSR count). The highest BCUT2D eigenvalue weighted by Crippen LogP contribution is 2.25. The molecule has 1 saturated heterocycles. The molecule has 2 heterocycles. The number of hydrogen-bond donors (Lipinski definition) is 0. The topological polar surface area (TPSA) is 59.8 Å². The largest absolute Gasteiger partial charge is 0.466 e. The number of nitrogens with zero attached hydrogens (tertiary/aromatic N) is 1. The van der Waals surface area contributed by atoms with Crippen molar-refractivity contribution in [2.75, 3.05) is 19.7 Å². The Kier molecular flexibility index (Phi) is 5.16. The van der Waals surface area contributed by atoms with Crippen LogP contribution in [0.15, 0.2) is 40.8 Å². The number of amides is 1. The summed E-state index contributed by atoms with van der Waals surface area (Å²) in [6, 6.07) is 9.17. The third-order valence-electron chi connectivity index (χ3n) is 4.27. The van der Waals surface area contributed by atoms with Gasteiger partial charge < -0.3 is 14.1 Å². The summed E-state index contributed by atoms with van der Waals surface area (Å²) in [4.78, 5) is 26.2. The number of carbonyl (C=O) groups excluding carboxylic acids is 2. The minimum absolute atomic E-state index is 0.212. The van der Waals surface area contributed by atoms with Crippen molar-refractivity contribution in [3.63, 3.8) is 0 Å². The first kappa shape index (κ1) is 17.2. The van der Waals surface area contributed by atoms with Crippen LogP contribution in [-0.4, -0.2) is 36.5 Å². The van der Waals surface area contributed by atoms with Gasteiger partial charge in [-0.3, -0.25) is 9.59 Å². The van der Waals surface area contributed by atoms with Crippen LogP contribution in [-0.2, 0) is 9.53 Å². The fourth-order valence-corrected chi connectivity index (χ4v) is 2.99. The number of halogens is 1. The summed E-state index contributed by atoms with van der Waals surface area (Å²) < 4.78 is 23.7. The Hall–Kier alpha value is -2.63. The van der Waals surface area contributed by atoms with Gasteiger partial charge in [-0.2, -0.15) is 0 Å². The van der Waals surface area contributed by atoms with Gasteiger partial charge in [0.15, 0.2) is 5.76 Å². The maximum atomic E-state index is 13.0. The molecule has 0 aliphatic carbocycles. The van der Waals surface area contributed by atoms with E-state index in [1.807, 2.05) is 0 Å². The monoisotopic (exact) mass is 345 g/mol. The molecular weight excluding hydrogens is 325 g/mol. The van der Waals surface area contributed by atoms with Crippen molar-refractivity contribution in [3.8, 4) is 11.3 Å². The zero-order chi connectivity index (χ0) is 17.8. The molecule has 0 radical (unpaired) electrons. The van der Waals surface area contributed by atoms with Crippen LogP contribution in [0, 0.1) is 11.7 Å². The van der Waals surface area contributed by atoms with Gasteiger partial charge in [0.25, 0.3) is 5.91 Å². The lowest BCUT2D eigenvalue weighted by Crippen LogP contribution is -2.42. The Bertz CT molecular complexity index is 753. The minimum Gasteiger partial charge on any atom is -0.466 e. The van der Waals surface area contributed by atoms with Crippen LogP contribution < -0.4 is 0 Å². The molecule has 25 heavy (non-hydrogen) atoms. The molecule has 1 atom stereocenters. The summed E-state index contributed by atoms with van der Waals surface area (Å²) in [5, 5.41) is 0. The molecule has 0 spiro atoms. The molecule has 1 amide bonds. The molecule has 0 saturated carbocycles. The zero-order valence-electron chi connectivity index (χ0n) is 14.0. The van der Waals surface area contributed by atoms with Crippen LogP contribution in [0.2, 0.25) is 0 Å². The first-order chi connectivity index (χ1) is 12.1. The highest BCUT2D eigenvalue weighted by atomic mass is 19.1. The normalized spacial score (nSPS) is 17.4. The van der Waals surface area contributed by atoms with Gasteiger partial charge in [-0.15, -0.1) is 0 Å². The lowest BCUT2D eigenvalue weighted by atomic mass is 9.98. The van der Waals surface area contributed by atoms with Gasteiger partial charge >= 0.3 is 5.97 Å². The molecule has 0 bridgehead atoms. The Morgan fingerprint density at radius 1 is 1.24 bits per heavy atom. The number of likely N-dealkylation sites (tertiary alicyclic amines) is 1. The Labute approximate surface area is 145 Å². The Morgan fingerprint density at radius 2 is 2.00 bits per heavy atom. The first-order valence-corrected chi connectivity index (χ1v) is 8.40. The second-order valence-electron chi connectivity index (χ2n) is 6.01. The van der Waals surface area contributed by atoms with E-state index < -0.39 is 0 Å². The molecule has 1 aliphatic rings. The summed E-state index contributed by atoms with van der Waals surface area (Å²) in [7, 11) is 0. The quantitative estimate of drug-likeness (QED) is 0.796. The maximum absolute atomic E-state index is 13.0. The summed E-state index contributed by atoms with van der Waals surface area (Å²) >= 11 is 0. The van der Waals surface area contributed by atoms with Gasteiger partial charge in [-0.25, -0.2) is 4.39 Å². The molecule has 2 aromatic rings. The summed E-state index contributed by atoms with van der Waals surface area (Å²) in [5.41, 5.74) is 0.698.